The van der Waals surface area contributed by atoms with Crippen molar-refractivity contribution < 1.29 is 19.8 Å². The molecule has 0 saturated heterocycles. The molecule has 0 aliphatic rings. The first-order valence-electron chi connectivity index (χ1n) is 6.10. The first-order chi connectivity index (χ1) is 9.43. The van der Waals surface area contributed by atoms with Gasteiger partial charge >= 0.3 is 12.0 Å². The molecule has 0 saturated carbocycles. The number of amides is 2. The molecule has 0 aromatic heterocycles. The summed E-state index contributed by atoms with van der Waals surface area (Å²) < 4.78 is 0.896. The number of carbonyl (C=O) groups is 2. The minimum Gasteiger partial charge on any atom is -0.480 e. The second-order valence-electron chi connectivity index (χ2n) is 4.30. The van der Waals surface area contributed by atoms with E-state index in [9.17, 15) is 9.59 Å². The average Bonchev–Trinajstić information content (AvgIpc) is 2.38. The van der Waals surface area contributed by atoms with Crippen molar-refractivity contribution in [2.24, 2.45) is 0 Å². The van der Waals surface area contributed by atoms with Crippen molar-refractivity contribution in [1.29, 1.82) is 0 Å². The Morgan fingerprint density at radius 1 is 1.35 bits per heavy atom. The van der Waals surface area contributed by atoms with E-state index in [2.05, 4.69) is 26.6 Å². The van der Waals surface area contributed by atoms with Gasteiger partial charge in [-0.05, 0) is 24.6 Å². The largest absolute Gasteiger partial charge is 0.480 e. The first kappa shape index (κ1) is 16.5. The monoisotopic (exact) mass is 344 g/mol. The summed E-state index contributed by atoms with van der Waals surface area (Å²) in [6.07, 6.45) is -0.0337. The van der Waals surface area contributed by atoms with Gasteiger partial charge < -0.3 is 20.8 Å². The Kier molecular flexibility index (Phi) is 6.47. The number of hydrogen-bond donors (Lipinski definition) is 4. The van der Waals surface area contributed by atoms with Gasteiger partial charge in [0.05, 0.1) is 6.04 Å². The van der Waals surface area contributed by atoms with Crippen LogP contribution in [0.15, 0.2) is 28.7 Å². The maximum Gasteiger partial charge on any atom is 0.326 e. The molecule has 1 rings (SSSR count). The standard InChI is InChI=1S/C13H17BrN2O4/c1-8(9-3-2-4-10(14)7-9)15-13(20)16-11(5-6-17)12(18)19/h2-4,7-8,11,17H,5-6H2,1H3,(H,18,19)(H2,15,16,20). The van der Waals surface area contributed by atoms with Crippen LogP contribution in [0.2, 0.25) is 0 Å². The van der Waals surface area contributed by atoms with E-state index in [1.54, 1.807) is 6.92 Å². The van der Waals surface area contributed by atoms with Crippen molar-refractivity contribution in [2.45, 2.75) is 25.4 Å². The molecule has 0 aliphatic heterocycles. The third kappa shape index (κ3) is 5.18. The van der Waals surface area contributed by atoms with E-state index in [1.165, 1.54) is 0 Å². The molecule has 4 N–H and O–H groups in total. The number of halogens is 1. The summed E-state index contributed by atoms with van der Waals surface area (Å²) in [5, 5.41) is 22.6. The fourth-order valence-electron chi connectivity index (χ4n) is 1.64. The summed E-state index contributed by atoms with van der Waals surface area (Å²) in [7, 11) is 0. The minimum absolute atomic E-state index is 0.0337. The first-order valence-corrected chi connectivity index (χ1v) is 6.89. The van der Waals surface area contributed by atoms with Crippen molar-refractivity contribution in [3.8, 4) is 0 Å². The Balaban J connectivity index is 2.59. The lowest BCUT2D eigenvalue weighted by molar-refractivity contribution is -0.139. The zero-order chi connectivity index (χ0) is 15.1. The normalized spacial score (nSPS) is 13.3. The van der Waals surface area contributed by atoms with Crippen LogP contribution in [0.4, 0.5) is 4.79 Å². The zero-order valence-corrected chi connectivity index (χ0v) is 12.6. The topological polar surface area (TPSA) is 98.7 Å². The van der Waals surface area contributed by atoms with Crippen molar-refractivity contribution in [3.63, 3.8) is 0 Å². The smallest absolute Gasteiger partial charge is 0.326 e. The summed E-state index contributed by atoms with van der Waals surface area (Å²) >= 11 is 3.34. The quantitative estimate of drug-likeness (QED) is 0.630. The summed E-state index contributed by atoms with van der Waals surface area (Å²) in [5.74, 6) is -1.18. The third-order valence-electron chi connectivity index (χ3n) is 2.72. The Bertz CT molecular complexity index is 481. The number of carbonyl (C=O) groups excluding carboxylic acids is 1. The van der Waals surface area contributed by atoms with Gasteiger partial charge in [0.1, 0.15) is 6.04 Å². The minimum atomic E-state index is -1.18. The molecule has 6 nitrogen and oxygen atoms in total. The van der Waals surface area contributed by atoms with Crippen LogP contribution < -0.4 is 10.6 Å². The molecule has 1 aromatic carbocycles. The molecule has 110 valence electrons. The van der Waals surface area contributed by atoms with Crippen LogP contribution in [0.3, 0.4) is 0 Å². The highest BCUT2D eigenvalue weighted by atomic mass is 79.9. The Labute approximate surface area is 125 Å². The summed E-state index contributed by atoms with van der Waals surface area (Å²) in [6.45, 7) is 1.49. The molecule has 0 heterocycles. The average molecular weight is 345 g/mol. The molecule has 0 radical (unpaired) electrons. The highest BCUT2D eigenvalue weighted by molar-refractivity contribution is 9.10. The van der Waals surface area contributed by atoms with Crippen LogP contribution in [0, 0.1) is 0 Å². The third-order valence-corrected chi connectivity index (χ3v) is 3.21. The fraction of sp³-hybridized carbons (Fsp3) is 0.385. The number of hydrogen-bond acceptors (Lipinski definition) is 3. The van der Waals surface area contributed by atoms with Gasteiger partial charge in [-0.2, -0.15) is 0 Å². The van der Waals surface area contributed by atoms with Gasteiger partial charge in [-0.25, -0.2) is 9.59 Å². The highest BCUT2D eigenvalue weighted by Crippen LogP contribution is 2.17. The van der Waals surface area contributed by atoms with Crippen molar-refractivity contribution in [3.05, 3.63) is 34.3 Å². The van der Waals surface area contributed by atoms with Gasteiger partial charge in [0.15, 0.2) is 0 Å². The molecule has 2 atom stereocenters. The number of carboxylic acids is 1. The van der Waals surface area contributed by atoms with E-state index >= 15 is 0 Å². The number of nitrogens with one attached hydrogen (secondary N) is 2. The molecular formula is C13H17BrN2O4. The van der Waals surface area contributed by atoms with E-state index < -0.39 is 18.0 Å². The van der Waals surface area contributed by atoms with E-state index in [0.29, 0.717) is 0 Å². The van der Waals surface area contributed by atoms with Gasteiger partial charge in [-0.15, -0.1) is 0 Å². The Hall–Kier alpha value is -1.60. The van der Waals surface area contributed by atoms with Crippen LogP contribution >= 0.6 is 15.9 Å². The predicted molar refractivity (Wildman–Crippen MR) is 77.4 cm³/mol. The van der Waals surface area contributed by atoms with Crippen molar-refractivity contribution in [2.75, 3.05) is 6.61 Å². The summed E-state index contributed by atoms with van der Waals surface area (Å²) in [6, 6.07) is 5.49. The SMILES string of the molecule is CC(NC(=O)NC(CCO)C(=O)O)c1cccc(Br)c1. The van der Waals surface area contributed by atoms with Crippen LogP contribution in [-0.4, -0.2) is 34.9 Å². The van der Waals surface area contributed by atoms with Crippen LogP contribution in [0.5, 0.6) is 0 Å². The molecule has 2 amide bonds. The van der Waals surface area contributed by atoms with Crippen LogP contribution in [-0.2, 0) is 4.79 Å². The molecule has 2 unspecified atom stereocenters. The predicted octanol–water partition coefficient (Wildman–Crippen LogP) is 1.64. The van der Waals surface area contributed by atoms with Crippen molar-refractivity contribution in [1.82, 2.24) is 10.6 Å². The number of aliphatic carboxylic acids is 1. The second-order valence-corrected chi connectivity index (χ2v) is 5.21. The van der Waals surface area contributed by atoms with Gasteiger partial charge in [-0.3, -0.25) is 0 Å². The van der Waals surface area contributed by atoms with Gasteiger partial charge in [0.2, 0.25) is 0 Å². The molecule has 0 aliphatic carbocycles. The maximum atomic E-state index is 11.7. The number of urea groups is 1. The number of benzene rings is 1. The lowest BCUT2D eigenvalue weighted by Crippen LogP contribution is -2.47. The van der Waals surface area contributed by atoms with E-state index in [1.807, 2.05) is 24.3 Å². The molecule has 20 heavy (non-hydrogen) atoms. The van der Waals surface area contributed by atoms with Crippen LogP contribution in [0.1, 0.15) is 24.9 Å². The molecule has 0 fully saturated rings. The van der Waals surface area contributed by atoms with E-state index in [0.717, 1.165) is 10.0 Å². The second kappa shape index (κ2) is 7.86. The Morgan fingerprint density at radius 3 is 2.60 bits per heavy atom. The lowest BCUT2D eigenvalue weighted by Gasteiger charge is -2.18. The molecule has 0 spiro atoms. The summed E-state index contributed by atoms with van der Waals surface area (Å²) in [5.41, 5.74) is 0.892. The number of rotatable bonds is 6. The van der Waals surface area contributed by atoms with Gasteiger partial charge in [0, 0.05) is 17.5 Å². The Morgan fingerprint density at radius 2 is 2.05 bits per heavy atom. The highest BCUT2D eigenvalue weighted by Gasteiger charge is 2.20. The lowest BCUT2D eigenvalue weighted by atomic mass is 10.1. The van der Waals surface area contributed by atoms with Gasteiger partial charge in [-0.1, -0.05) is 28.1 Å². The molecular weight excluding hydrogens is 328 g/mol. The number of aliphatic hydroxyl groups excluding tert-OH is 1. The van der Waals surface area contributed by atoms with E-state index in [4.69, 9.17) is 10.2 Å². The number of carboxylic acid groups (broad SMARTS) is 1. The number of aliphatic hydroxyl groups is 1. The van der Waals surface area contributed by atoms with Crippen LogP contribution in [0.25, 0.3) is 0 Å². The summed E-state index contributed by atoms with van der Waals surface area (Å²) in [4.78, 5) is 22.6. The molecule has 1 aromatic rings. The van der Waals surface area contributed by atoms with Crippen molar-refractivity contribution >= 4 is 27.9 Å². The maximum absolute atomic E-state index is 11.7. The molecule has 0 bridgehead atoms. The zero-order valence-electron chi connectivity index (χ0n) is 11.0. The van der Waals surface area contributed by atoms with E-state index in [-0.39, 0.29) is 19.1 Å². The van der Waals surface area contributed by atoms with Gasteiger partial charge in [0.25, 0.3) is 0 Å². The fourth-order valence-corrected chi connectivity index (χ4v) is 2.06. The molecule has 7 heteroatoms.